The van der Waals surface area contributed by atoms with Gasteiger partial charge in [-0.25, -0.2) is 4.68 Å². The van der Waals surface area contributed by atoms with Gasteiger partial charge in [-0.2, -0.15) is 5.10 Å². The first kappa shape index (κ1) is 24.1. The van der Waals surface area contributed by atoms with Crippen LogP contribution in [0, 0.1) is 5.92 Å². The molecule has 2 aliphatic carbocycles. The lowest BCUT2D eigenvalue weighted by Crippen LogP contribution is -2.27. The Morgan fingerprint density at radius 1 is 1.25 bits per heavy atom. The first-order chi connectivity index (χ1) is 17.5. The molecule has 1 aromatic heterocycles. The van der Waals surface area contributed by atoms with Gasteiger partial charge in [0.2, 0.25) is 5.91 Å². The number of carbonyl (C=O) groups excluding carboxylic acids is 2. The molecular weight excluding hydrogens is 454 g/mol. The average molecular weight is 488 g/mol. The number of hydrogen-bond donors (Lipinski definition) is 3. The summed E-state index contributed by atoms with van der Waals surface area (Å²) in [6, 6.07) is 7.45. The van der Waals surface area contributed by atoms with Crippen molar-refractivity contribution in [3.8, 4) is 0 Å². The first-order valence-electron chi connectivity index (χ1n) is 12.7. The number of allylic oxidation sites excluding steroid dienone is 2. The van der Waals surface area contributed by atoms with Crippen molar-refractivity contribution in [1.82, 2.24) is 9.78 Å². The lowest BCUT2D eigenvalue weighted by molar-refractivity contribution is -0.111. The summed E-state index contributed by atoms with van der Waals surface area (Å²) in [6.45, 7) is 6.32. The summed E-state index contributed by atoms with van der Waals surface area (Å²) in [6.07, 6.45) is 13.2. The molecule has 3 aliphatic rings. The van der Waals surface area contributed by atoms with Crippen molar-refractivity contribution >= 4 is 28.9 Å². The van der Waals surface area contributed by atoms with E-state index >= 15 is 0 Å². The Kier molecular flexibility index (Phi) is 6.78. The number of aromatic nitrogens is 2. The molecule has 3 atom stereocenters. The molecule has 8 nitrogen and oxygen atoms in total. The Hall–Kier alpha value is -3.65. The van der Waals surface area contributed by atoms with Gasteiger partial charge in [0.25, 0.3) is 5.91 Å². The number of primary amides is 1. The summed E-state index contributed by atoms with van der Waals surface area (Å²) < 4.78 is 8.17. The van der Waals surface area contributed by atoms with Gasteiger partial charge in [-0.15, -0.1) is 0 Å². The monoisotopic (exact) mass is 487 g/mol. The number of fused-ring (bicyclic) bond motifs is 1. The lowest BCUT2D eigenvalue weighted by atomic mass is 9.92. The SMILES string of the molecule is C=CC(=O)Nc1ccccc1C1CCNc2c(C(N)=O)c(C3=CC(C)C(OC4CCCC4)C=C3)nn21. The van der Waals surface area contributed by atoms with Gasteiger partial charge in [0.1, 0.15) is 17.1 Å². The van der Waals surface area contributed by atoms with E-state index in [9.17, 15) is 9.59 Å². The van der Waals surface area contributed by atoms with Crippen molar-refractivity contribution in [2.75, 3.05) is 17.2 Å². The van der Waals surface area contributed by atoms with E-state index in [4.69, 9.17) is 15.6 Å². The standard InChI is InChI=1S/C28H33N5O3/c1-3-24(34)31-21-11-7-6-10-20(21)22-14-15-30-28-25(27(29)35)26(32-33(22)28)18-12-13-23(17(2)16-18)36-19-8-4-5-9-19/h3,6-7,10-13,16-17,19,22-23,30H,1,4-5,8-9,14-15H2,2H3,(H2,29,35)(H,31,34). The minimum absolute atomic E-state index is 0.0114. The van der Waals surface area contributed by atoms with Gasteiger partial charge in [0.05, 0.1) is 18.2 Å². The number of para-hydroxylation sites is 1. The van der Waals surface area contributed by atoms with Gasteiger partial charge < -0.3 is 21.1 Å². The van der Waals surface area contributed by atoms with Crippen LogP contribution in [0.15, 0.2) is 55.1 Å². The maximum Gasteiger partial charge on any atom is 0.254 e. The molecule has 4 N–H and O–H groups in total. The summed E-state index contributed by atoms with van der Waals surface area (Å²) >= 11 is 0. The number of carbonyl (C=O) groups is 2. The van der Waals surface area contributed by atoms with Crippen molar-refractivity contribution in [1.29, 1.82) is 0 Å². The number of nitrogens with two attached hydrogens (primary N) is 1. The molecule has 188 valence electrons. The van der Waals surface area contributed by atoms with Crippen LogP contribution in [0.25, 0.3) is 5.57 Å². The summed E-state index contributed by atoms with van der Waals surface area (Å²) in [7, 11) is 0. The third-order valence-corrected chi connectivity index (χ3v) is 7.28. The number of nitrogens with one attached hydrogen (secondary N) is 2. The fourth-order valence-electron chi connectivity index (χ4n) is 5.47. The molecule has 1 saturated carbocycles. The fraction of sp³-hybridized carbons (Fsp3) is 0.393. The van der Waals surface area contributed by atoms with E-state index < -0.39 is 5.91 Å². The molecule has 0 bridgehead atoms. The highest BCUT2D eigenvalue weighted by molar-refractivity contribution is 6.03. The highest BCUT2D eigenvalue weighted by Crippen LogP contribution is 2.39. The van der Waals surface area contributed by atoms with Crippen LogP contribution >= 0.6 is 0 Å². The van der Waals surface area contributed by atoms with Gasteiger partial charge in [-0.1, -0.05) is 62.8 Å². The van der Waals surface area contributed by atoms with Gasteiger partial charge in [0.15, 0.2) is 0 Å². The number of nitrogens with zero attached hydrogens (tertiary/aromatic N) is 2. The molecule has 2 heterocycles. The molecule has 0 spiro atoms. The molecule has 1 aliphatic heterocycles. The molecule has 3 unspecified atom stereocenters. The Morgan fingerprint density at radius 3 is 2.75 bits per heavy atom. The number of rotatable bonds is 7. The molecular formula is C28H33N5O3. The maximum absolute atomic E-state index is 12.7. The topological polar surface area (TPSA) is 111 Å². The van der Waals surface area contributed by atoms with Gasteiger partial charge in [0, 0.05) is 23.7 Å². The third-order valence-electron chi connectivity index (χ3n) is 7.28. The second kappa shape index (κ2) is 10.1. The second-order valence-electron chi connectivity index (χ2n) is 9.74. The third kappa shape index (κ3) is 4.60. The Morgan fingerprint density at radius 2 is 2.03 bits per heavy atom. The molecule has 36 heavy (non-hydrogen) atoms. The normalized spacial score (nSPS) is 23.5. The zero-order valence-electron chi connectivity index (χ0n) is 20.6. The zero-order chi connectivity index (χ0) is 25.2. The summed E-state index contributed by atoms with van der Waals surface area (Å²) in [5.41, 5.74) is 9.28. The molecule has 0 radical (unpaired) electrons. The van der Waals surface area contributed by atoms with Crippen LogP contribution in [0.5, 0.6) is 0 Å². The van der Waals surface area contributed by atoms with E-state index in [2.05, 4.69) is 36.3 Å². The predicted molar refractivity (Wildman–Crippen MR) is 141 cm³/mol. The van der Waals surface area contributed by atoms with E-state index in [0.29, 0.717) is 35.4 Å². The molecule has 5 rings (SSSR count). The van der Waals surface area contributed by atoms with Crippen LogP contribution in [-0.2, 0) is 9.53 Å². The molecule has 2 amide bonds. The van der Waals surface area contributed by atoms with Gasteiger partial charge in [-0.05, 0) is 37.0 Å². The summed E-state index contributed by atoms with van der Waals surface area (Å²) in [5.74, 6) is -0.0658. The Labute approximate surface area is 211 Å². The molecule has 8 heteroatoms. The van der Waals surface area contributed by atoms with Crippen LogP contribution in [0.2, 0.25) is 0 Å². The van der Waals surface area contributed by atoms with Crippen molar-refractivity contribution in [3.05, 3.63) is 72.0 Å². The first-order valence-corrected chi connectivity index (χ1v) is 12.7. The van der Waals surface area contributed by atoms with Crippen LogP contribution < -0.4 is 16.4 Å². The zero-order valence-corrected chi connectivity index (χ0v) is 20.6. The average Bonchev–Trinajstić information content (AvgIpc) is 3.53. The summed E-state index contributed by atoms with van der Waals surface area (Å²) in [5, 5.41) is 11.1. The van der Waals surface area contributed by atoms with Crippen molar-refractivity contribution in [2.24, 2.45) is 11.7 Å². The molecule has 0 saturated heterocycles. The largest absolute Gasteiger partial charge is 0.370 e. The van der Waals surface area contributed by atoms with Crippen molar-refractivity contribution in [2.45, 2.75) is 57.3 Å². The van der Waals surface area contributed by atoms with Crippen molar-refractivity contribution < 1.29 is 14.3 Å². The Bertz CT molecular complexity index is 1240. The molecule has 1 aromatic carbocycles. The highest BCUT2D eigenvalue weighted by atomic mass is 16.5. The number of hydrogen-bond acceptors (Lipinski definition) is 5. The van der Waals surface area contributed by atoms with Crippen LogP contribution in [0.4, 0.5) is 11.5 Å². The fourth-order valence-corrected chi connectivity index (χ4v) is 5.47. The number of amides is 2. The van der Waals surface area contributed by atoms with E-state index in [1.54, 1.807) is 0 Å². The van der Waals surface area contributed by atoms with Crippen LogP contribution in [0.1, 0.15) is 66.7 Å². The second-order valence-corrected chi connectivity index (χ2v) is 9.74. The summed E-state index contributed by atoms with van der Waals surface area (Å²) in [4.78, 5) is 24.7. The quantitative estimate of drug-likeness (QED) is 0.501. The number of anilines is 2. The molecule has 2 aromatic rings. The Balaban J connectivity index is 1.50. The van der Waals surface area contributed by atoms with E-state index in [1.807, 2.05) is 35.0 Å². The van der Waals surface area contributed by atoms with Crippen LogP contribution in [-0.4, -0.2) is 40.3 Å². The van der Waals surface area contributed by atoms with Crippen molar-refractivity contribution in [3.63, 3.8) is 0 Å². The number of benzene rings is 1. The lowest BCUT2D eigenvalue weighted by Gasteiger charge is -2.28. The minimum atomic E-state index is -0.529. The smallest absolute Gasteiger partial charge is 0.254 e. The van der Waals surface area contributed by atoms with E-state index in [1.165, 1.54) is 18.9 Å². The molecule has 1 fully saturated rings. The van der Waals surface area contributed by atoms with Crippen LogP contribution in [0.3, 0.4) is 0 Å². The minimum Gasteiger partial charge on any atom is -0.370 e. The highest BCUT2D eigenvalue weighted by Gasteiger charge is 2.33. The van der Waals surface area contributed by atoms with Gasteiger partial charge >= 0.3 is 0 Å². The van der Waals surface area contributed by atoms with Gasteiger partial charge in [-0.3, -0.25) is 9.59 Å². The maximum atomic E-state index is 12.7. The van der Waals surface area contributed by atoms with E-state index in [0.717, 1.165) is 30.4 Å². The van der Waals surface area contributed by atoms with E-state index in [-0.39, 0.29) is 24.0 Å². The predicted octanol–water partition coefficient (Wildman–Crippen LogP) is 4.43. The number of ether oxygens (including phenoxy) is 1.